The topological polar surface area (TPSA) is 60.2 Å². The average Bonchev–Trinajstić information content (AvgIpc) is 2.91. The molecule has 1 aromatic heterocycles. The second-order valence-electron chi connectivity index (χ2n) is 4.08. The summed E-state index contributed by atoms with van der Waals surface area (Å²) in [6, 6.07) is 4.91. The summed E-state index contributed by atoms with van der Waals surface area (Å²) in [5, 5.41) is 6.80. The van der Waals surface area contributed by atoms with E-state index >= 15 is 0 Å². The van der Waals surface area contributed by atoms with E-state index in [0.717, 1.165) is 18.5 Å². The van der Waals surface area contributed by atoms with Crippen LogP contribution in [-0.4, -0.2) is 16.7 Å². The van der Waals surface area contributed by atoms with Gasteiger partial charge < -0.3 is 14.6 Å². The number of nitrogens with zero attached hydrogens (tertiary/aromatic N) is 2. The van der Waals surface area contributed by atoms with Crippen LogP contribution < -0.4 is 10.1 Å². The fourth-order valence-corrected chi connectivity index (χ4v) is 1.58. The van der Waals surface area contributed by atoms with Gasteiger partial charge in [0.05, 0.1) is 0 Å². The van der Waals surface area contributed by atoms with Crippen LogP contribution in [0.3, 0.4) is 0 Å². The van der Waals surface area contributed by atoms with Crippen LogP contribution in [0, 0.1) is 5.82 Å². The molecule has 1 heterocycles. The first-order valence-corrected chi connectivity index (χ1v) is 6.16. The van der Waals surface area contributed by atoms with Gasteiger partial charge in [0, 0.05) is 6.54 Å². The molecule has 0 unspecified atom stereocenters. The third kappa shape index (κ3) is 4.03. The van der Waals surface area contributed by atoms with Crippen LogP contribution in [-0.2, 0) is 13.2 Å². The Kier molecular flexibility index (Phi) is 4.85. The molecule has 1 aromatic carbocycles. The summed E-state index contributed by atoms with van der Waals surface area (Å²) in [4.78, 5) is 3.79. The molecule has 0 aliphatic carbocycles. The molecule has 19 heavy (non-hydrogen) atoms. The second kappa shape index (κ2) is 6.84. The number of benzene rings is 1. The van der Waals surface area contributed by atoms with E-state index < -0.39 is 0 Å². The number of nitrogens with one attached hydrogen (secondary N) is 1. The molecular weight excluding hydrogens is 249 g/mol. The van der Waals surface area contributed by atoms with Gasteiger partial charge in [0.1, 0.15) is 0 Å². The predicted molar refractivity (Wildman–Crippen MR) is 67.0 cm³/mol. The predicted octanol–water partition coefficient (Wildman–Crippen LogP) is 2.29. The van der Waals surface area contributed by atoms with Crippen LogP contribution in [0.15, 0.2) is 29.1 Å². The SMILES string of the molecule is CCCNCc1ccc(OCc2ncon2)c(F)c1. The van der Waals surface area contributed by atoms with Crippen molar-refractivity contribution < 1.29 is 13.7 Å². The molecule has 0 radical (unpaired) electrons. The third-order valence-corrected chi connectivity index (χ3v) is 2.52. The molecule has 2 aromatic rings. The number of hydrogen-bond acceptors (Lipinski definition) is 5. The quantitative estimate of drug-likeness (QED) is 0.778. The minimum Gasteiger partial charge on any atom is -0.482 e. The lowest BCUT2D eigenvalue weighted by atomic mass is 10.2. The smallest absolute Gasteiger partial charge is 0.213 e. The fraction of sp³-hybridized carbons (Fsp3) is 0.385. The summed E-state index contributed by atoms with van der Waals surface area (Å²) < 4.78 is 23.6. The highest BCUT2D eigenvalue weighted by Gasteiger charge is 2.06. The normalized spacial score (nSPS) is 10.6. The van der Waals surface area contributed by atoms with E-state index in [-0.39, 0.29) is 18.2 Å². The van der Waals surface area contributed by atoms with Crippen molar-refractivity contribution in [1.82, 2.24) is 15.5 Å². The standard InChI is InChI=1S/C13H16FN3O2/c1-2-5-15-7-10-3-4-12(11(14)6-10)18-8-13-16-9-19-17-13/h3-4,6,9,15H,2,5,7-8H2,1H3. The van der Waals surface area contributed by atoms with Gasteiger partial charge in [-0.15, -0.1) is 0 Å². The zero-order valence-corrected chi connectivity index (χ0v) is 10.7. The zero-order valence-electron chi connectivity index (χ0n) is 10.7. The maximum atomic E-state index is 13.8. The minimum atomic E-state index is -0.390. The van der Waals surface area contributed by atoms with Gasteiger partial charge in [0.2, 0.25) is 12.2 Å². The summed E-state index contributed by atoms with van der Waals surface area (Å²) >= 11 is 0. The number of rotatable bonds is 7. The van der Waals surface area contributed by atoms with E-state index in [1.54, 1.807) is 6.07 Å². The van der Waals surface area contributed by atoms with Gasteiger partial charge in [0.25, 0.3) is 0 Å². The average molecular weight is 265 g/mol. The summed E-state index contributed by atoms with van der Waals surface area (Å²) in [5.74, 6) is 0.177. The van der Waals surface area contributed by atoms with Gasteiger partial charge in [-0.05, 0) is 30.7 Å². The monoisotopic (exact) mass is 265 g/mol. The van der Waals surface area contributed by atoms with Crippen molar-refractivity contribution in [2.75, 3.05) is 6.54 Å². The molecule has 0 bridgehead atoms. The van der Waals surface area contributed by atoms with E-state index in [1.807, 2.05) is 6.07 Å². The lowest BCUT2D eigenvalue weighted by Crippen LogP contribution is -2.13. The van der Waals surface area contributed by atoms with Crippen LogP contribution in [0.4, 0.5) is 4.39 Å². The zero-order chi connectivity index (χ0) is 13.5. The van der Waals surface area contributed by atoms with E-state index in [4.69, 9.17) is 4.74 Å². The Hall–Kier alpha value is -1.95. The number of ether oxygens (including phenoxy) is 1. The Morgan fingerprint density at radius 2 is 2.32 bits per heavy atom. The first-order chi connectivity index (χ1) is 9.29. The Bertz CT molecular complexity index is 503. The summed E-state index contributed by atoms with van der Waals surface area (Å²) in [6.07, 6.45) is 2.26. The molecule has 2 rings (SSSR count). The highest BCUT2D eigenvalue weighted by Crippen LogP contribution is 2.19. The Morgan fingerprint density at radius 3 is 3.00 bits per heavy atom. The largest absolute Gasteiger partial charge is 0.482 e. The number of hydrogen-bond donors (Lipinski definition) is 1. The maximum Gasteiger partial charge on any atom is 0.213 e. The van der Waals surface area contributed by atoms with Crippen molar-refractivity contribution in [3.63, 3.8) is 0 Å². The van der Waals surface area contributed by atoms with Gasteiger partial charge in [-0.25, -0.2) is 4.39 Å². The maximum absolute atomic E-state index is 13.8. The molecule has 6 heteroatoms. The first-order valence-electron chi connectivity index (χ1n) is 6.16. The molecule has 0 saturated heterocycles. The second-order valence-corrected chi connectivity index (χ2v) is 4.08. The highest BCUT2D eigenvalue weighted by atomic mass is 19.1. The van der Waals surface area contributed by atoms with Crippen molar-refractivity contribution in [2.45, 2.75) is 26.5 Å². The molecule has 5 nitrogen and oxygen atoms in total. The van der Waals surface area contributed by atoms with Gasteiger partial charge in [-0.2, -0.15) is 4.98 Å². The van der Waals surface area contributed by atoms with Gasteiger partial charge in [0.15, 0.2) is 18.2 Å². The molecular formula is C13H16FN3O2. The van der Waals surface area contributed by atoms with Gasteiger partial charge in [-0.3, -0.25) is 0 Å². The Balaban J connectivity index is 1.91. The van der Waals surface area contributed by atoms with Gasteiger partial charge >= 0.3 is 0 Å². The van der Waals surface area contributed by atoms with Crippen LogP contribution >= 0.6 is 0 Å². The van der Waals surface area contributed by atoms with Crippen LogP contribution in [0.5, 0.6) is 5.75 Å². The van der Waals surface area contributed by atoms with Crippen molar-refractivity contribution in [2.24, 2.45) is 0 Å². The number of aromatic nitrogens is 2. The van der Waals surface area contributed by atoms with E-state index in [1.165, 1.54) is 12.5 Å². The minimum absolute atomic E-state index is 0.0842. The molecule has 0 spiro atoms. The Morgan fingerprint density at radius 1 is 1.42 bits per heavy atom. The van der Waals surface area contributed by atoms with Crippen molar-refractivity contribution >= 4 is 0 Å². The highest BCUT2D eigenvalue weighted by molar-refractivity contribution is 5.29. The summed E-state index contributed by atoms with van der Waals surface area (Å²) in [5.41, 5.74) is 0.887. The summed E-state index contributed by atoms with van der Waals surface area (Å²) in [7, 11) is 0. The molecule has 0 aliphatic heterocycles. The third-order valence-electron chi connectivity index (χ3n) is 2.52. The lowest BCUT2D eigenvalue weighted by Gasteiger charge is -2.07. The first kappa shape index (κ1) is 13.5. The molecule has 0 aliphatic rings. The Labute approximate surface area is 110 Å². The van der Waals surface area contributed by atoms with E-state index in [9.17, 15) is 4.39 Å². The van der Waals surface area contributed by atoms with Crippen molar-refractivity contribution in [3.05, 3.63) is 41.8 Å². The molecule has 0 atom stereocenters. The number of halogens is 1. The van der Waals surface area contributed by atoms with Crippen LogP contribution in [0.1, 0.15) is 24.7 Å². The van der Waals surface area contributed by atoms with Crippen LogP contribution in [0.25, 0.3) is 0 Å². The molecule has 1 N–H and O–H groups in total. The summed E-state index contributed by atoms with van der Waals surface area (Å²) in [6.45, 7) is 3.73. The molecule has 0 fully saturated rings. The molecule has 0 saturated carbocycles. The molecule has 102 valence electrons. The van der Waals surface area contributed by atoms with Gasteiger partial charge in [-0.1, -0.05) is 18.1 Å². The fourth-order valence-electron chi connectivity index (χ4n) is 1.58. The lowest BCUT2D eigenvalue weighted by molar-refractivity contribution is 0.273. The van der Waals surface area contributed by atoms with Crippen molar-refractivity contribution in [1.29, 1.82) is 0 Å². The van der Waals surface area contributed by atoms with E-state index in [0.29, 0.717) is 12.4 Å². The van der Waals surface area contributed by atoms with Crippen molar-refractivity contribution in [3.8, 4) is 5.75 Å². The molecule has 0 amide bonds. The van der Waals surface area contributed by atoms with E-state index in [2.05, 4.69) is 26.9 Å². The van der Waals surface area contributed by atoms with Crippen LogP contribution in [0.2, 0.25) is 0 Å².